The molecule has 1 fully saturated rings. The lowest BCUT2D eigenvalue weighted by Crippen LogP contribution is -2.33. The van der Waals surface area contributed by atoms with Gasteiger partial charge in [0.2, 0.25) is 0 Å². The number of hydrogen-bond acceptors (Lipinski definition) is 3. The number of carbonyl (C=O) groups excluding carboxylic acids is 1. The number of carbonyl (C=O) groups is 1. The average Bonchev–Trinajstić information content (AvgIpc) is 2.96. The van der Waals surface area contributed by atoms with E-state index in [0.717, 1.165) is 36.7 Å². The molecule has 0 radical (unpaired) electrons. The van der Waals surface area contributed by atoms with E-state index in [1.54, 1.807) is 6.20 Å². The molecule has 6 heteroatoms. The van der Waals surface area contributed by atoms with Crippen LogP contribution in [0, 0.1) is 17.6 Å². The first-order valence-electron chi connectivity index (χ1n) is 7.89. The second kappa shape index (κ2) is 7.05. The normalized spacial score (nSPS) is 21.0. The van der Waals surface area contributed by atoms with E-state index in [9.17, 15) is 13.6 Å². The summed E-state index contributed by atoms with van der Waals surface area (Å²) in [5.74, 6) is -1.75. The summed E-state index contributed by atoms with van der Waals surface area (Å²) in [5, 5.41) is 2.74. The van der Waals surface area contributed by atoms with Crippen LogP contribution in [0.5, 0.6) is 0 Å². The van der Waals surface area contributed by atoms with Gasteiger partial charge < -0.3 is 5.32 Å². The van der Waals surface area contributed by atoms with Crippen LogP contribution in [-0.2, 0) is 0 Å². The summed E-state index contributed by atoms with van der Waals surface area (Å²) in [4.78, 5) is 18.5. The molecule has 0 unspecified atom stereocenters. The summed E-state index contributed by atoms with van der Waals surface area (Å²) >= 11 is 0. The molecule has 0 aliphatic carbocycles. The van der Waals surface area contributed by atoms with E-state index in [-0.39, 0.29) is 17.5 Å². The van der Waals surface area contributed by atoms with Crippen LogP contribution in [0.15, 0.2) is 42.7 Å². The van der Waals surface area contributed by atoms with Gasteiger partial charge in [0.15, 0.2) is 0 Å². The lowest BCUT2D eigenvalue weighted by Gasteiger charge is -2.25. The van der Waals surface area contributed by atoms with Crippen molar-refractivity contribution in [1.82, 2.24) is 15.2 Å². The van der Waals surface area contributed by atoms with Crippen molar-refractivity contribution < 1.29 is 13.6 Å². The molecule has 1 aliphatic rings. The Kier molecular flexibility index (Phi) is 4.85. The van der Waals surface area contributed by atoms with Gasteiger partial charge in [-0.1, -0.05) is 6.07 Å². The summed E-state index contributed by atoms with van der Waals surface area (Å²) in [6.07, 6.45) is 4.47. The summed E-state index contributed by atoms with van der Waals surface area (Å²) in [7, 11) is 2.03. The molecular weight excluding hydrogens is 312 g/mol. The Labute approximate surface area is 139 Å². The molecule has 0 spiro atoms. The highest BCUT2D eigenvalue weighted by Gasteiger charge is 2.33. The highest BCUT2D eigenvalue weighted by atomic mass is 19.1. The van der Waals surface area contributed by atoms with E-state index in [1.165, 1.54) is 0 Å². The second-order valence-corrected chi connectivity index (χ2v) is 6.09. The van der Waals surface area contributed by atoms with Gasteiger partial charge in [-0.3, -0.25) is 14.7 Å². The summed E-state index contributed by atoms with van der Waals surface area (Å²) in [6.45, 7) is 1.31. The van der Waals surface area contributed by atoms with Crippen LogP contribution in [0.2, 0.25) is 0 Å². The zero-order valence-electron chi connectivity index (χ0n) is 13.4. The molecule has 2 atom stereocenters. The van der Waals surface area contributed by atoms with Crippen LogP contribution in [0.25, 0.3) is 0 Å². The van der Waals surface area contributed by atoms with Crippen LogP contribution in [0.3, 0.4) is 0 Å². The number of likely N-dealkylation sites (tertiary alicyclic amines) is 1. The highest BCUT2D eigenvalue weighted by Crippen LogP contribution is 2.35. The average molecular weight is 331 g/mol. The molecule has 1 amide bonds. The number of nitrogens with one attached hydrogen (secondary N) is 1. The lowest BCUT2D eigenvalue weighted by atomic mass is 9.94. The third-order valence-electron chi connectivity index (χ3n) is 4.50. The molecule has 3 rings (SSSR count). The minimum absolute atomic E-state index is 0.149. The number of benzene rings is 1. The molecular formula is C18H19F2N3O. The van der Waals surface area contributed by atoms with Gasteiger partial charge >= 0.3 is 0 Å². The fourth-order valence-electron chi connectivity index (χ4n) is 3.31. The zero-order chi connectivity index (χ0) is 17.1. The zero-order valence-corrected chi connectivity index (χ0v) is 13.4. The maximum atomic E-state index is 13.7. The molecule has 1 N–H and O–H groups in total. The predicted molar refractivity (Wildman–Crippen MR) is 86.4 cm³/mol. The molecule has 4 nitrogen and oxygen atoms in total. The number of hydrogen-bond donors (Lipinski definition) is 1. The minimum Gasteiger partial charge on any atom is -0.352 e. The van der Waals surface area contributed by atoms with Crippen molar-refractivity contribution in [3.05, 3.63) is 65.5 Å². The standard InChI is InChI=1S/C18H19F2N3O/c1-23-8-6-13(17(23)12-3-2-7-21-10-12)11-22-18(24)15-9-14(19)4-5-16(15)20/h2-5,7,9-10,13,17H,6,8,11H2,1H3,(H,22,24)/t13-,17-/m0/s1. The Morgan fingerprint density at radius 1 is 1.38 bits per heavy atom. The number of amides is 1. The summed E-state index contributed by atoms with van der Waals surface area (Å²) in [5.41, 5.74) is 0.827. The Hall–Kier alpha value is -2.34. The lowest BCUT2D eigenvalue weighted by molar-refractivity contribution is 0.0939. The van der Waals surface area contributed by atoms with Crippen molar-refractivity contribution in [1.29, 1.82) is 0 Å². The number of rotatable bonds is 4. The van der Waals surface area contributed by atoms with Crippen molar-refractivity contribution >= 4 is 5.91 Å². The van der Waals surface area contributed by atoms with E-state index in [4.69, 9.17) is 0 Å². The van der Waals surface area contributed by atoms with Crippen LogP contribution in [-0.4, -0.2) is 35.9 Å². The summed E-state index contributed by atoms with van der Waals surface area (Å²) < 4.78 is 26.9. The van der Waals surface area contributed by atoms with Crippen molar-refractivity contribution in [3.8, 4) is 0 Å². The topological polar surface area (TPSA) is 45.2 Å². The van der Waals surface area contributed by atoms with Gasteiger partial charge in [-0.25, -0.2) is 8.78 Å². The molecule has 1 aliphatic heterocycles. The smallest absolute Gasteiger partial charge is 0.254 e. The maximum Gasteiger partial charge on any atom is 0.254 e. The molecule has 1 saturated heterocycles. The molecule has 24 heavy (non-hydrogen) atoms. The van der Waals surface area contributed by atoms with Crippen molar-refractivity contribution in [2.45, 2.75) is 12.5 Å². The van der Waals surface area contributed by atoms with E-state index < -0.39 is 17.5 Å². The van der Waals surface area contributed by atoms with Gasteiger partial charge in [-0.15, -0.1) is 0 Å². The third-order valence-corrected chi connectivity index (χ3v) is 4.50. The number of pyridine rings is 1. The maximum absolute atomic E-state index is 13.7. The second-order valence-electron chi connectivity index (χ2n) is 6.09. The van der Waals surface area contributed by atoms with E-state index >= 15 is 0 Å². The number of halogens is 2. The third kappa shape index (κ3) is 3.43. The molecule has 0 bridgehead atoms. The quantitative estimate of drug-likeness (QED) is 0.937. The Morgan fingerprint density at radius 3 is 2.96 bits per heavy atom. The molecule has 126 valence electrons. The monoisotopic (exact) mass is 331 g/mol. The Balaban J connectivity index is 1.69. The SMILES string of the molecule is CN1CC[C@@H](CNC(=O)c2cc(F)ccc2F)[C@@H]1c1cccnc1. The number of nitrogens with zero attached hydrogens (tertiary/aromatic N) is 2. The molecule has 0 saturated carbocycles. The Morgan fingerprint density at radius 2 is 2.21 bits per heavy atom. The Bertz CT molecular complexity index is 723. The van der Waals surface area contributed by atoms with Gasteiger partial charge in [0.1, 0.15) is 11.6 Å². The largest absolute Gasteiger partial charge is 0.352 e. The van der Waals surface area contributed by atoms with Crippen LogP contribution in [0.1, 0.15) is 28.4 Å². The number of aromatic nitrogens is 1. The van der Waals surface area contributed by atoms with Gasteiger partial charge in [-0.2, -0.15) is 0 Å². The molecule has 2 heterocycles. The van der Waals surface area contributed by atoms with Crippen LogP contribution >= 0.6 is 0 Å². The first-order valence-corrected chi connectivity index (χ1v) is 7.89. The van der Waals surface area contributed by atoms with Gasteiger partial charge in [0, 0.05) is 25.0 Å². The fraction of sp³-hybridized carbons (Fsp3) is 0.333. The highest BCUT2D eigenvalue weighted by molar-refractivity contribution is 5.94. The van der Waals surface area contributed by atoms with E-state index in [0.29, 0.717) is 6.54 Å². The fourth-order valence-corrected chi connectivity index (χ4v) is 3.31. The van der Waals surface area contributed by atoms with E-state index in [1.807, 2.05) is 25.4 Å². The van der Waals surface area contributed by atoms with Gasteiger partial charge in [0.05, 0.1) is 5.56 Å². The van der Waals surface area contributed by atoms with E-state index in [2.05, 4.69) is 15.2 Å². The molecule has 1 aromatic carbocycles. The van der Waals surface area contributed by atoms with Gasteiger partial charge in [0.25, 0.3) is 5.91 Å². The predicted octanol–water partition coefficient (Wildman–Crippen LogP) is 2.78. The van der Waals surface area contributed by atoms with Gasteiger partial charge in [-0.05, 0) is 55.8 Å². The minimum atomic E-state index is -0.721. The van der Waals surface area contributed by atoms with Crippen LogP contribution in [0.4, 0.5) is 8.78 Å². The molecule has 1 aromatic heterocycles. The first-order chi connectivity index (χ1) is 11.6. The van der Waals surface area contributed by atoms with Crippen molar-refractivity contribution in [2.75, 3.05) is 20.1 Å². The van der Waals surface area contributed by atoms with Crippen LogP contribution < -0.4 is 5.32 Å². The molecule has 2 aromatic rings. The van der Waals surface area contributed by atoms with Crippen molar-refractivity contribution in [2.24, 2.45) is 5.92 Å². The first kappa shape index (κ1) is 16.5. The van der Waals surface area contributed by atoms with Crippen molar-refractivity contribution in [3.63, 3.8) is 0 Å². The summed E-state index contributed by atoms with van der Waals surface area (Å²) in [6, 6.07) is 6.93.